The van der Waals surface area contributed by atoms with Gasteiger partial charge in [0.2, 0.25) is 0 Å². The molecule has 2 aromatic rings. The summed E-state index contributed by atoms with van der Waals surface area (Å²) in [6.45, 7) is 0. The van der Waals surface area contributed by atoms with Gasteiger partial charge < -0.3 is 16.2 Å². The Balaban J connectivity index is 2.37. The van der Waals surface area contributed by atoms with Crippen molar-refractivity contribution in [2.75, 3.05) is 11.1 Å². The standard InChI is InChI=1S/C16H12F6N2O2/c17-15(18,19)13(16(20,21)22)9-3-6-12(25)11(7-9)24-14(26)8-1-4-10(23)5-2-8/h1-7,13,25H,23H2,(H,24,26). The van der Waals surface area contributed by atoms with Crippen LogP contribution in [0, 0.1) is 0 Å². The summed E-state index contributed by atoms with van der Waals surface area (Å²) in [4.78, 5) is 12.0. The van der Waals surface area contributed by atoms with Crippen molar-refractivity contribution in [3.63, 3.8) is 0 Å². The number of phenolic OH excluding ortho intramolecular Hbond substituents is 1. The molecule has 0 aliphatic carbocycles. The highest BCUT2D eigenvalue weighted by atomic mass is 19.4. The minimum Gasteiger partial charge on any atom is -0.506 e. The molecular formula is C16H12F6N2O2. The van der Waals surface area contributed by atoms with Crippen molar-refractivity contribution >= 4 is 17.3 Å². The van der Waals surface area contributed by atoms with E-state index in [-0.39, 0.29) is 5.56 Å². The summed E-state index contributed by atoms with van der Waals surface area (Å²) in [5, 5.41) is 11.7. The Kier molecular flexibility index (Phi) is 5.06. The van der Waals surface area contributed by atoms with Crippen LogP contribution in [0.15, 0.2) is 42.5 Å². The Morgan fingerprint density at radius 3 is 2.00 bits per heavy atom. The molecule has 0 radical (unpaired) electrons. The van der Waals surface area contributed by atoms with Crippen molar-refractivity contribution < 1.29 is 36.2 Å². The lowest BCUT2D eigenvalue weighted by atomic mass is 9.97. The van der Waals surface area contributed by atoms with Gasteiger partial charge >= 0.3 is 12.4 Å². The Hall–Kier alpha value is -2.91. The first-order valence-corrected chi connectivity index (χ1v) is 7.03. The fourth-order valence-electron chi connectivity index (χ4n) is 2.23. The highest BCUT2D eigenvalue weighted by Gasteiger charge is 2.57. The second-order valence-electron chi connectivity index (χ2n) is 5.37. The topological polar surface area (TPSA) is 75.4 Å². The molecule has 2 rings (SSSR count). The van der Waals surface area contributed by atoms with E-state index in [1.165, 1.54) is 24.3 Å². The normalized spacial score (nSPS) is 12.3. The molecule has 0 atom stereocenters. The number of amides is 1. The molecule has 0 bridgehead atoms. The van der Waals surface area contributed by atoms with E-state index in [1.54, 1.807) is 0 Å². The average Bonchev–Trinajstić information content (AvgIpc) is 2.48. The van der Waals surface area contributed by atoms with Crippen molar-refractivity contribution in [2.24, 2.45) is 0 Å². The second-order valence-corrected chi connectivity index (χ2v) is 5.37. The average molecular weight is 378 g/mol. The van der Waals surface area contributed by atoms with Gasteiger partial charge in [0.15, 0.2) is 5.92 Å². The molecule has 0 aromatic heterocycles. The molecule has 4 N–H and O–H groups in total. The number of carbonyl (C=O) groups excluding carboxylic acids is 1. The number of nitrogen functional groups attached to an aromatic ring is 1. The lowest BCUT2D eigenvalue weighted by Crippen LogP contribution is -2.34. The molecule has 0 saturated carbocycles. The van der Waals surface area contributed by atoms with Gasteiger partial charge in [0.05, 0.1) is 5.69 Å². The lowest BCUT2D eigenvalue weighted by molar-refractivity contribution is -0.253. The monoisotopic (exact) mass is 378 g/mol. The Morgan fingerprint density at radius 2 is 1.50 bits per heavy atom. The van der Waals surface area contributed by atoms with Gasteiger partial charge in [-0.05, 0) is 42.0 Å². The summed E-state index contributed by atoms with van der Waals surface area (Å²) in [6.07, 6.45) is -11.2. The van der Waals surface area contributed by atoms with Crippen molar-refractivity contribution in [1.29, 1.82) is 0 Å². The largest absolute Gasteiger partial charge is 0.506 e. The second kappa shape index (κ2) is 6.77. The van der Waals surface area contributed by atoms with Crippen LogP contribution in [0.25, 0.3) is 0 Å². The third kappa shape index (κ3) is 4.38. The summed E-state index contributed by atoms with van der Waals surface area (Å²) in [7, 11) is 0. The highest BCUT2D eigenvalue weighted by molar-refractivity contribution is 6.05. The number of anilines is 2. The first kappa shape index (κ1) is 19.4. The summed E-state index contributed by atoms with van der Waals surface area (Å²) in [6, 6.07) is 6.97. The summed E-state index contributed by atoms with van der Waals surface area (Å²) >= 11 is 0. The van der Waals surface area contributed by atoms with Crippen LogP contribution < -0.4 is 11.1 Å². The number of nitrogens with one attached hydrogen (secondary N) is 1. The maximum absolute atomic E-state index is 12.8. The Bertz CT molecular complexity index is 786. The molecule has 1 amide bonds. The molecule has 2 aromatic carbocycles. The molecule has 0 fully saturated rings. The van der Waals surface area contributed by atoms with E-state index in [1.807, 2.05) is 0 Å². The molecule has 0 heterocycles. The number of nitrogens with two attached hydrogens (primary N) is 1. The molecule has 0 saturated heterocycles. The van der Waals surface area contributed by atoms with Gasteiger partial charge in [-0.15, -0.1) is 0 Å². The highest BCUT2D eigenvalue weighted by Crippen LogP contribution is 2.47. The van der Waals surface area contributed by atoms with Crippen LogP contribution in [0.2, 0.25) is 0 Å². The van der Waals surface area contributed by atoms with Crippen molar-refractivity contribution in [3.8, 4) is 5.75 Å². The van der Waals surface area contributed by atoms with E-state index in [2.05, 4.69) is 5.32 Å². The predicted octanol–water partition coefficient (Wildman–Crippen LogP) is 4.43. The minimum atomic E-state index is -5.59. The smallest absolute Gasteiger partial charge is 0.404 e. The van der Waals surface area contributed by atoms with Gasteiger partial charge in [-0.3, -0.25) is 4.79 Å². The summed E-state index contributed by atoms with van der Waals surface area (Å²) in [5.74, 6) is -5.27. The zero-order valence-corrected chi connectivity index (χ0v) is 12.8. The van der Waals surface area contributed by atoms with Crippen LogP contribution in [0.4, 0.5) is 37.7 Å². The Labute approximate surface area is 143 Å². The number of carbonyl (C=O) groups is 1. The molecular weight excluding hydrogens is 366 g/mol. The zero-order chi connectivity index (χ0) is 19.7. The minimum absolute atomic E-state index is 0.0483. The quantitative estimate of drug-likeness (QED) is 0.420. The fourth-order valence-corrected chi connectivity index (χ4v) is 2.23. The summed E-state index contributed by atoms with van der Waals surface area (Å²) in [5.41, 5.74) is 4.12. The molecule has 0 aliphatic rings. The van der Waals surface area contributed by atoms with Crippen molar-refractivity contribution in [3.05, 3.63) is 53.6 Å². The van der Waals surface area contributed by atoms with Crippen molar-refractivity contribution in [2.45, 2.75) is 18.3 Å². The maximum atomic E-state index is 12.8. The van der Waals surface area contributed by atoms with Gasteiger partial charge in [0, 0.05) is 11.3 Å². The van der Waals surface area contributed by atoms with Crippen LogP contribution in [-0.4, -0.2) is 23.4 Å². The van der Waals surface area contributed by atoms with Crippen LogP contribution in [-0.2, 0) is 0 Å². The number of phenols is 1. The number of hydrogen-bond donors (Lipinski definition) is 3. The SMILES string of the molecule is Nc1ccc(C(=O)Nc2cc(C(C(F)(F)F)C(F)(F)F)ccc2O)cc1. The number of alkyl halides is 6. The number of rotatable bonds is 3. The van der Waals surface area contributed by atoms with Crippen LogP contribution in [0.3, 0.4) is 0 Å². The Morgan fingerprint density at radius 1 is 0.962 bits per heavy atom. The molecule has 0 unspecified atom stereocenters. The molecule has 26 heavy (non-hydrogen) atoms. The van der Waals surface area contributed by atoms with E-state index >= 15 is 0 Å². The third-order valence-corrected chi connectivity index (χ3v) is 3.43. The number of benzene rings is 2. The van der Waals surface area contributed by atoms with Gasteiger partial charge in [-0.25, -0.2) is 0 Å². The van der Waals surface area contributed by atoms with E-state index < -0.39 is 41.2 Å². The molecule has 140 valence electrons. The van der Waals surface area contributed by atoms with Crippen molar-refractivity contribution in [1.82, 2.24) is 0 Å². The van der Waals surface area contributed by atoms with Crippen LogP contribution in [0.5, 0.6) is 5.75 Å². The first-order chi connectivity index (χ1) is 11.9. The first-order valence-electron chi connectivity index (χ1n) is 7.03. The summed E-state index contributed by atoms with van der Waals surface area (Å²) < 4.78 is 76.9. The van der Waals surface area contributed by atoms with E-state index in [0.29, 0.717) is 23.9 Å². The molecule has 0 spiro atoms. The van der Waals surface area contributed by atoms with Crippen LogP contribution >= 0.6 is 0 Å². The fraction of sp³-hybridized carbons (Fsp3) is 0.188. The number of hydrogen-bond acceptors (Lipinski definition) is 3. The molecule has 4 nitrogen and oxygen atoms in total. The lowest BCUT2D eigenvalue weighted by Gasteiger charge is -2.24. The van der Waals surface area contributed by atoms with E-state index in [9.17, 15) is 36.2 Å². The third-order valence-electron chi connectivity index (χ3n) is 3.43. The maximum Gasteiger partial charge on any atom is 0.404 e. The van der Waals surface area contributed by atoms with Gasteiger partial charge in [0.1, 0.15) is 5.75 Å². The van der Waals surface area contributed by atoms with Gasteiger partial charge in [0.25, 0.3) is 5.91 Å². The van der Waals surface area contributed by atoms with Gasteiger partial charge in [-0.2, -0.15) is 26.3 Å². The molecule has 10 heteroatoms. The number of halogens is 6. The van der Waals surface area contributed by atoms with Crippen LogP contribution in [0.1, 0.15) is 21.8 Å². The zero-order valence-electron chi connectivity index (χ0n) is 12.8. The van der Waals surface area contributed by atoms with Gasteiger partial charge in [-0.1, -0.05) is 6.07 Å². The van der Waals surface area contributed by atoms with E-state index in [0.717, 1.165) is 0 Å². The predicted molar refractivity (Wildman–Crippen MR) is 81.8 cm³/mol. The number of aromatic hydroxyl groups is 1. The van der Waals surface area contributed by atoms with E-state index in [4.69, 9.17) is 5.73 Å². The molecule has 0 aliphatic heterocycles.